The molecule has 1 aliphatic rings. The Hall–Kier alpha value is -1.51. The van der Waals surface area contributed by atoms with E-state index in [1.807, 2.05) is 18.2 Å². The van der Waals surface area contributed by atoms with E-state index >= 15 is 0 Å². The molecule has 1 N–H and O–H groups in total. The quantitative estimate of drug-likeness (QED) is 0.870. The van der Waals surface area contributed by atoms with Gasteiger partial charge in [0.15, 0.2) is 0 Å². The molecular weight excluding hydrogens is 214 g/mol. The van der Waals surface area contributed by atoms with Gasteiger partial charge in [0.1, 0.15) is 5.75 Å². The van der Waals surface area contributed by atoms with Crippen LogP contribution in [0.1, 0.15) is 38.2 Å². The summed E-state index contributed by atoms with van der Waals surface area (Å²) < 4.78 is 5.25. The minimum atomic E-state index is 0.119. The lowest BCUT2D eigenvalue weighted by atomic mass is 9.84. The summed E-state index contributed by atoms with van der Waals surface area (Å²) in [5.74, 6) is 1.88. The molecule has 2 rings (SSSR count). The third-order valence-corrected chi connectivity index (χ3v) is 3.16. The van der Waals surface area contributed by atoms with Crippen LogP contribution in [-0.4, -0.2) is 13.0 Å². The van der Waals surface area contributed by atoms with Crippen molar-refractivity contribution in [3.63, 3.8) is 0 Å². The molecule has 1 unspecified atom stereocenters. The summed E-state index contributed by atoms with van der Waals surface area (Å²) in [6.07, 6.45) is 1.62. The summed E-state index contributed by atoms with van der Waals surface area (Å²) in [6.45, 7) is 4.37. The normalized spacial score (nSPS) is 18.8. The number of benzene rings is 1. The Labute approximate surface area is 102 Å². The number of methoxy groups -OCH3 is 1. The molecule has 0 aromatic heterocycles. The lowest BCUT2D eigenvalue weighted by molar-refractivity contribution is -0.116. The van der Waals surface area contributed by atoms with Gasteiger partial charge in [0.25, 0.3) is 0 Å². The summed E-state index contributed by atoms with van der Waals surface area (Å²) in [7, 11) is 1.67. The molecule has 3 heteroatoms. The van der Waals surface area contributed by atoms with Crippen LogP contribution in [0.2, 0.25) is 0 Å². The molecule has 92 valence electrons. The van der Waals surface area contributed by atoms with Crippen LogP contribution in [0.4, 0.5) is 5.69 Å². The van der Waals surface area contributed by atoms with E-state index in [9.17, 15) is 4.79 Å². The number of rotatable bonds is 3. The van der Waals surface area contributed by atoms with E-state index in [2.05, 4.69) is 19.2 Å². The number of hydrogen-bond acceptors (Lipinski definition) is 2. The van der Waals surface area contributed by atoms with Crippen molar-refractivity contribution in [1.82, 2.24) is 0 Å². The fraction of sp³-hybridized carbons (Fsp3) is 0.500. The van der Waals surface area contributed by atoms with Gasteiger partial charge in [-0.25, -0.2) is 0 Å². The van der Waals surface area contributed by atoms with E-state index in [4.69, 9.17) is 4.74 Å². The van der Waals surface area contributed by atoms with Crippen LogP contribution in [0, 0.1) is 5.92 Å². The second kappa shape index (κ2) is 4.78. The van der Waals surface area contributed by atoms with Gasteiger partial charge in [-0.2, -0.15) is 0 Å². The zero-order chi connectivity index (χ0) is 12.4. The van der Waals surface area contributed by atoms with Gasteiger partial charge in [0, 0.05) is 12.1 Å². The van der Waals surface area contributed by atoms with E-state index in [-0.39, 0.29) is 5.91 Å². The third kappa shape index (κ3) is 2.60. The average Bonchev–Trinajstić information content (AvgIpc) is 2.27. The van der Waals surface area contributed by atoms with E-state index in [1.165, 1.54) is 5.56 Å². The van der Waals surface area contributed by atoms with Gasteiger partial charge in [-0.15, -0.1) is 0 Å². The number of carbonyl (C=O) groups excluding carboxylic acids is 1. The maximum atomic E-state index is 11.6. The molecule has 0 fully saturated rings. The monoisotopic (exact) mass is 233 g/mol. The van der Waals surface area contributed by atoms with Crippen molar-refractivity contribution >= 4 is 11.6 Å². The molecule has 0 radical (unpaired) electrons. The van der Waals surface area contributed by atoms with Crippen molar-refractivity contribution in [3.8, 4) is 5.75 Å². The number of nitrogens with one attached hydrogen (secondary N) is 1. The van der Waals surface area contributed by atoms with Gasteiger partial charge in [0.2, 0.25) is 5.91 Å². The van der Waals surface area contributed by atoms with Crippen LogP contribution in [0.5, 0.6) is 5.75 Å². The minimum absolute atomic E-state index is 0.119. The van der Waals surface area contributed by atoms with E-state index in [0.29, 0.717) is 18.3 Å². The molecule has 0 saturated carbocycles. The van der Waals surface area contributed by atoms with Crippen LogP contribution in [-0.2, 0) is 4.79 Å². The lowest BCUT2D eigenvalue weighted by Gasteiger charge is -2.27. The second-order valence-electron chi connectivity index (χ2n) is 5.03. The van der Waals surface area contributed by atoms with Gasteiger partial charge in [-0.1, -0.05) is 13.8 Å². The molecule has 1 heterocycles. The number of amides is 1. The van der Waals surface area contributed by atoms with Gasteiger partial charge in [0.05, 0.1) is 7.11 Å². The van der Waals surface area contributed by atoms with Crippen molar-refractivity contribution in [2.24, 2.45) is 5.92 Å². The predicted molar refractivity (Wildman–Crippen MR) is 68.4 cm³/mol. The first-order valence-corrected chi connectivity index (χ1v) is 6.08. The van der Waals surface area contributed by atoms with Crippen LogP contribution < -0.4 is 10.1 Å². The Morgan fingerprint density at radius 1 is 1.47 bits per heavy atom. The Bertz CT molecular complexity index is 426. The highest BCUT2D eigenvalue weighted by atomic mass is 16.5. The van der Waals surface area contributed by atoms with Gasteiger partial charge < -0.3 is 10.1 Å². The minimum Gasteiger partial charge on any atom is -0.497 e. The van der Waals surface area contributed by atoms with Gasteiger partial charge in [-0.05, 0) is 42.0 Å². The molecular formula is C14H19NO2. The Kier molecular flexibility index (Phi) is 3.36. The highest BCUT2D eigenvalue weighted by Crippen LogP contribution is 2.38. The third-order valence-electron chi connectivity index (χ3n) is 3.16. The Morgan fingerprint density at radius 3 is 2.88 bits per heavy atom. The van der Waals surface area contributed by atoms with Crippen molar-refractivity contribution < 1.29 is 9.53 Å². The van der Waals surface area contributed by atoms with Crippen molar-refractivity contribution in [3.05, 3.63) is 23.8 Å². The molecule has 1 aliphatic heterocycles. The summed E-state index contributed by atoms with van der Waals surface area (Å²) in [6, 6.07) is 5.86. The van der Waals surface area contributed by atoms with Crippen molar-refractivity contribution in [2.75, 3.05) is 12.4 Å². The van der Waals surface area contributed by atoms with Gasteiger partial charge in [-0.3, -0.25) is 4.79 Å². The number of ether oxygens (including phenoxy) is 1. The smallest absolute Gasteiger partial charge is 0.224 e. The van der Waals surface area contributed by atoms with Crippen LogP contribution in [0.15, 0.2) is 18.2 Å². The average molecular weight is 233 g/mol. The summed E-state index contributed by atoms with van der Waals surface area (Å²) in [5.41, 5.74) is 2.14. The van der Waals surface area contributed by atoms with Gasteiger partial charge >= 0.3 is 0 Å². The fourth-order valence-corrected chi connectivity index (χ4v) is 2.43. The lowest BCUT2D eigenvalue weighted by Crippen LogP contribution is -2.23. The van der Waals surface area contributed by atoms with E-state index in [0.717, 1.165) is 17.9 Å². The van der Waals surface area contributed by atoms with Crippen molar-refractivity contribution in [2.45, 2.75) is 32.6 Å². The SMILES string of the molecule is COc1ccc2c(c1)C(CC(C)C)CC(=O)N2. The Morgan fingerprint density at radius 2 is 2.24 bits per heavy atom. The number of carbonyl (C=O) groups is 1. The molecule has 0 spiro atoms. The maximum absolute atomic E-state index is 11.6. The molecule has 0 saturated heterocycles. The molecule has 0 bridgehead atoms. The predicted octanol–water partition coefficient (Wildman–Crippen LogP) is 3.17. The second-order valence-corrected chi connectivity index (χ2v) is 5.03. The first kappa shape index (κ1) is 12.0. The zero-order valence-electron chi connectivity index (χ0n) is 10.6. The summed E-state index contributed by atoms with van der Waals surface area (Å²) in [5, 5.41) is 2.92. The first-order valence-electron chi connectivity index (χ1n) is 6.08. The largest absolute Gasteiger partial charge is 0.497 e. The topological polar surface area (TPSA) is 38.3 Å². The molecule has 0 aliphatic carbocycles. The molecule has 1 amide bonds. The van der Waals surface area contributed by atoms with E-state index < -0.39 is 0 Å². The summed E-state index contributed by atoms with van der Waals surface area (Å²) >= 11 is 0. The number of anilines is 1. The summed E-state index contributed by atoms with van der Waals surface area (Å²) in [4.78, 5) is 11.6. The highest BCUT2D eigenvalue weighted by molar-refractivity contribution is 5.94. The van der Waals surface area contributed by atoms with E-state index in [1.54, 1.807) is 7.11 Å². The van der Waals surface area contributed by atoms with Crippen LogP contribution in [0.25, 0.3) is 0 Å². The first-order chi connectivity index (χ1) is 8.10. The number of hydrogen-bond donors (Lipinski definition) is 1. The molecule has 3 nitrogen and oxygen atoms in total. The molecule has 1 atom stereocenters. The fourth-order valence-electron chi connectivity index (χ4n) is 2.43. The number of fused-ring (bicyclic) bond motifs is 1. The zero-order valence-corrected chi connectivity index (χ0v) is 10.6. The molecule has 1 aromatic carbocycles. The van der Waals surface area contributed by atoms with Crippen LogP contribution in [0.3, 0.4) is 0 Å². The highest BCUT2D eigenvalue weighted by Gasteiger charge is 2.25. The standard InChI is InChI=1S/C14H19NO2/c1-9(2)6-10-7-14(16)15-13-5-4-11(17-3)8-12(10)13/h4-5,8-10H,6-7H2,1-3H3,(H,15,16). The molecule has 17 heavy (non-hydrogen) atoms. The Balaban J connectivity index is 2.35. The van der Waals surface area contributed by atoms with Crippen LogP contribution >= 0.6 is 0 Å². The van der Waals surface area contributed by atoms with Crippen molar-refractivity contribution in [1.29, 1.82) is 0 Å². The maximum Gasteiger partial charge on any atom is 0.224 e. The molecule has 1 aromatic rings.